The second-order valence-corrected chi connectivity index (χ2v) is 11.1. The number of hydrogen-bond donors (Lipinski definition) is 6. The third-order valence-corrected chi connectivity index (χ3v) is 8.31. The Morgan fingerprint density at radius 3 is 2.20 bits per heavy atom. The first-order chi connectivity index (χ1) is 21.2. The fourth-order valence-electron chi connectivity index (χ4n) is 6.16. The molecule has 2 heterocycles. The van der Waals surface area contributed by atoms with Crippen LogP contribution in [0.15, 0.2) is 59.6 Å². The summed E-state index contributed by atoms with van der Waals surface area (Å²) in [7, 11) is 0. The SMILES string of the molecule is NC(N)=NC1CCOCC2OC(Oc3c(O)c4c(c(CCc5ccccc5)c31)C(=O)c1ccccc1C4=O)C(O)C(O)C2O. The topological polar surface area (TPSA) is 207 Å². The molecule has 3 aliphatic rings. The molecule has 230 valence electrons. The van der Waals surface area contributed by atoms with E-state index in [1.165, 1.54) is 6.07 Å². The Morgan fingerprint density at radius 2 is 1.52 bits per heavy atom. The van der Waals surface area contributed by atoms with Gasteiger partial charge in [0.05, 0.1) is 18.2 Å². The summed E-state index contributed by atoms with van der Waals surface area (Å²) in [6.07, 6.45) is -6.82. The fraction of sp³-hybridized carbons (Fsp3) is 0.344. The van der Waals surface area contributed by atoms with Crippen LogP contribution in [0.2, 0.25) is 0 Å². The summed E-state index contributed by atoms with van der Waals surface area (Å²) in [5.74, 6) is -2.27. The molecule has 3 aromatic rings. The van der Waals surface area contributed by atoms with Crippen molar-refractivity contribution in [2.24, 2.45) is 16.5 Å². The number of aromatic hydroxyl groups is 1. The van der Waals surface area contributed by atoms with Crippen molar-refractivity contribution >= 4 is 17.5 Å². The van der Waals surface area contributed by atoms with Crippen LogP contribution in [0.4, 0.5) is 0 Å². The molecule has 0 aromatic heterocycles. The number of hydrogen-bond acceptors (Lipinski definition) is 10. The lowest BCUT2D eigenvalue weighted by atomic mass is 9.77. The zero-order valence-corrected chi connectivity index (χ0v) is 23.6. The molecule has 6 atom stereocenters. The van der Waals surface area contributed by atoms with Gasteiger partial charge in [0, 0.05) is 28.9 Å². The van der Waals surface area contributed by atoms with Crippen molar-refractivity contribution in [3.8, 4) is 11.5 Å². The highest BCUT2D eigenvalue weighted by Crippen LogP contribution is 2.49. The lowest BCUT2D eigenvalue weighted by Gasteiger charge is -2.40. The number of nitrogens with two attached hydrogens (primary N) is 2. The molecule has 8 N–H and O–H groups in total. The average molecular weight is 604 g/mol. The fourth-order valence-corrected chi connectivity index (χ4v) is 6.16. The Kier molecular flexibility index (Phi) is 8.10. The summed E-state index contributed by atoms with van der Waals surface area (Å²) < 4.78 is 17.7. The number of phenols is 1. The molecule has 44 heavy (non-hydrogen) atoms. The average Bonchev–Trinajstić information content (AvgIpc) is 3.05. The van der Waals surface area contributed by atoms with E-state index in [2.05, 4.69) is 4.99 Å². The molecule has 1 fully saturated rings. The summed E-state index contributed by atoms with van der Waals surface area (Å²) in [5.41, 5.74) is 13.3. The molecule has 3 aromatic carbocycles. The smallest absolute Gasteiger partial charge is 0.229 e. The van der Waals surface area contributed by atoms with Crippen LogP contribution < -0.4 is 16.2 Å². The van der Waals surface area contributed by atoms with Crippen molar-refractivity contribution in [2.75, 3.05) is 13.2 Å². The first-order valence-corrected chi connectivity index (χ1v) is 14.3. The quantitative estimate of drug-likeness (QED) is 0.143. The Morgan fingerprint density at radius 1 is 0.864 bits per heavy atom. The molecule has 6 unspecified atom stereocenters. The van der Waals surface area contributed by atoms with Crippen LogP contribution in [0.1, 0.15) is 61.0 Å². The zero-order valence-electron chi connectivity index (χ0n) is 23.6. The number of phenolic OH excluding ortho intramolecular Hbond substituents is 1. The van der Waals surface area contributed by atoms with Gasteiger partial charge in [0.2, 0.25) is 6.29 Å². The van der Waals surface area contributed by atoms with E-state index < -0.39 is 54.1 Å². The summed E-state index contributed by atoms with van der Waals surface area (Å²) >= 11 is 0. The number of aliphatic imine (C=N–C) groups is 1. The number of rotatable bonds is 4. The van der Waals surface area contributed by atoms with Crippen LogP contribution >= 0.6 is 0 Å². The normalized spacial score (nSPS) is 26.3. The summed E-state index contributed by atoms with van der Waals surface area (Å²) in [5, 5.41) is 43.8. The molecule has 0 saturated carbocycles. The molecule has 0 amide bonds. The highest BCUT2D eigenvalue weighted by Gasteiger charge is 2.47. The van der Waals surface area contributed by atoms with Crippen LogP contribution in [0.5, 0.6) is 11.5 Å². The number of carbonyl (C=O) groups excluding carboxylic acids is 2. The number of ether oxygens (including phenoxy) is 3. The number of carbonyl (C=O) groups is 2. The minimum absolute atomic E-state index is 0.00880. The first-order valence-electron chi connectivity index (χ1n) is 14.3. The van der Waals surface area contributed by atoms with Gasteiger partial charge < -0.3 is 46.1 Å². The maximum atomic E-state index is 14.1. The molecule has 12 heteroatoms. The minimum Gasteiger partial charge on any atom is -0.504 e. The van der Waals surface area contributed by atoms with Crippen LogP contribution in [-0.4, -0.2) is 81.9 Å². The number of aryl methyl sites for hydroxylation is 1. The van der Waals surface area contributed by atoms with E-state index in [1.54, 1.807) is 18.2 Å². The van der Waals surface area contributed by atoms with E-state index >= 15 is 0 Å². The standard InChI is InChI=1S/C32H33N3O9/c33-32(34)35-19-12-13-42-14-20-26(38)28(40)29(41)31(43-20)44-30-21(19)18(11-10-15-6-2-1-3-7-15)22-23(27(30)39)25(37)17-9-5-4-8-16(17)24(22)36/h1-9,19-20,26,28-29,31,38-41H,10-14H2,(H4,33,34,35). The van der Waals surface area contributed by atoms with E-state index in [-0.39, 0.29) is 65.6 Å². The number of aliphatic hydroxyl groups excluding tert-OH is 3. The zero-order chi connectivity index (χ0) is 31.1. The van der Waals surface area contributed by atoms with Crippen molar-refractivity contribution in [3.05, 3.63) is 93.5 Å². The monoisotopic (exact) mass is 603 g/mol. The highest BCUT2D eigenvalue weighted by molar-refractivity contribution is 6.30. The third-order valence-electron chi connectivity index (χ3n) is 8.31. The Labute approximate surface area is 252 Å². The van der Waals surface area contributed by atoms with Crippen LogP contribution in [0, 0.1) is 0 Å². The molecule has 0 spiro atoms. The number of guanidine groups is 1. The van der Waals surface area contributed by atoms with Crippen LogP contribution in [-0.2, 0) is 22.3 Å². The van der Waals surface area contributed by atoms with E-state index in [0.717, 1.165) is 5.56 Å². The first kappa shape index (κ1) is 29.7. The molecular weight excluding hydrogens is 570 g/mol. The molecule has 0 radical (unpaired) electrons. The summed E-state index contributed by atoms with van der Waals surface area (Å²) in [4.78, 5) is 32.5. The van der Waals surface area contributed by atoms with Gasteiger partial charge in [-0.05, 0) is 30.4 Å². The molecular formula is C32H33N3O9. The highest BCUT2D eigenvalue weighted by atomic mass is 16.7. The maximum Gasteiger partial charge on any atom is 0.229 e. The van der Waals surface area contributed by atoms with Gasteiger partial charge in [-0.3, -0.25) is 9.59 Å². The minimum atomic E-state index is -1.75. The number of nitrogens with zero attached hydrogens (tertiary/aromatic N) is 1. The van der Waals surface area contributed by atoms with E-state index in [0.29, 0.717) is 12.0 Å². The molecule has 2 aliphatic heterocycles. The molecule has 12 nitrogen and oxygen atoms in total. The van der Waals surface area contributed by atoms with E-state index in [4.69, 9.17) is 25.7 Å². The predicted octanol–water partition coefficient (Wildman–Crippen LogP) is 0.874. The lowest BCUT2D eigenvalue weighted by Crippen LogP contribution is -2.60. The van der Waals surface area contributed by atoms with Crippen molar-refractivity contribution in [2.45, 2.75) is 56.0 Å². The van der Waals surface area contributed by atoms with E-state index in [1.807, 2.05) is 30.3 Å². The van der Waals surface area contributed by atoms with Gasteiger partial charge in [0.25, 0.3) is 0 Å². The second kappa shape index (κ2) is 12.0. The van der Waals surface area contributed by atoms with Crippen molar-refractivity contribution in [3.63, 3.8) is 0 Å². The van der Waals surface area contributed by atoms with E-state index in [9.17, 15) is 30.0 Å². The maximum absolute atomic E-state index is 14.1. The number of ketones is 2. The van der Waals surface area contributed by atoms with Crippen molar-refractivity contribution < 1.29 is 44.2 Å². The Balaban J connectivity index is 1.62. The summed E-state index contributed by atoms with van der Waals surface area (Å²) in [6, 6.07) is 14.9. The predicted molar refractivity (Wildman–Crippen MR) is 157 cm³/mol. The third kappa shape index (κ3) is 5.20. The number of benzene rings is 3. The Bertz CT molecular complexity index is 1620. The molecule has 2 bridgehead atoms. The number of aliphatic hydroxyl groups is 3. The van der Waals surface area contributed by atoms with Gasteiger partial charge in [-0.1, -0.05) is 54.6 Å². The van der Waals surface area contributed by atoms with Gasteiger partial charge in [-0.15, -0.1) is 0 Å². The van der Waals surface area contributed by atoms with Crippen molar-refractivity contribution in [1.29, 1.82) is 0 Å². The van der Waals surface area contributed by atoms with Crippen LogP contribution in [0.3, 0.4) is 0 Å². The second-order valence-electron chi connectivity index (χ2n) is 11.1. The number of fused-ring (bicyclic) bond motifs is 5. The van der Waals surface area contributed by atoms with Crippen LogP contribution in [0.25, 0.3) is 0 Å². The van der Waals surface area contributed by atoms with Gasteiger partial charge in [0.15, 0.2) is 29.0 Å². The molecule has 1 aliphatic carbocycles. The van der Waals surface area contributed by atoms with Gasteiger partial charge in [-0.25, -0.2) is 4.99 Å². The van der Waals surface area contributed by atoms with Gasteiger partial charge >= 0.3 is 0 Å². The van der Waals surface area contributed by atoms with Gasteiger partial charge in [-0.2, -0.15) is 0 Å². The lowest BCUT2D eigenvalue weighted by molar-refractivity contribution is -0.279. The largest absolute Gasteiger partial charge is 0.504 e. The van der Waals surface area contributed by atoms with Gasteiger partial charge in [0.1, 0.15) is 24.4 Å². The summed E-state index contributed by atoms with van der Waals surface area (Å²) in [6.45, 7) is -0.117. The molecule has 6 rings (SSSR count). The Hall–Kier alpha value is -4.33. The molecule has 1 saturated heterocycles. The van der Waals surface area contributed by atoms with Crippen molar-refractivity contribution in [1.82, 2.24) is 0 Å².